The van der Waals surface area contributed by atoms with Crippen molar-refractivity contribution in [2.24, 2.45) is 5.84 Å². The Morgan fingerprint density at radius 1 is 1.24 bits per heavy atom. The number of hydrazine groups is 1. The van der Waals surface area contributed by atoms with Crippen LogP contribution in [0.4, 0.5) is 17.1 Å². The first-order valence-corrected chi connectivity index (χ1v) is 6.12. The first kappa shape index (κ1) is 14.5. The number of amides is 1. The lowest BCUT2D eigenvalue weighted by molar-refractivity contribution is -0.384. The molecule has 0 spiro atoms. The lowest BCUT2D eigenvalue weighted by Gasteiger charge is -2.18. The van der Waals surface area contributed by atoms with E-state index in [-0.39, 0.29) is 11.3 Å². The predicted octanol–water partition coefficient (Wildman–Crippen LogP) is 2.16. The average molecular weight is 286 g/mol. The van der Waals surface area contributed by atoms with Crippen LogP contribution in [0.25, 0.3) is 0 Å². The molecule has 2 aromatic rings. The number of hydrogen-bond donors (Lipinski definition) is 2. The quantitative estimate of drug-likeness (QED) is 0.509. The Morgan fingerprint density at radius 3 is 2.48 bits per heavy atom. The first-order chi connectivity index (χ1) is 10.0. The SMILES string of the molecule is CN(C(=O)c1cc([N+](=O)[O-])ccc1NN)c1ccccc1. The van der Waals surface area contributed by atoms with Gasteiger partial charge in [-0.3, -0.25) is 20.8 Å². The summed E-state index contributed by atoms with van der Waals surface area (Å²) in [6.07, 6.45) is 0. The number of nitro benzene ring substituents is 1. The molecule has 0 heterocycles. The van der Waals surface area contributed by atoms with Crippen LogP contribution in [0, 0.1) is 10.1 Å². The molecule has 7 nitrogen and oxygen atoms in total. The number of nitro groups is 1. The molecule has 0 saturated heterocycles. The van der Waals surface area contributed by atoms with Gasteiger partial charge in [0.15, 0.2) is 0 Å². The van der Waals surface area contributed by atoms with E-state index in [1.54, 1.807) is 31.3 Å². The third kappa shape index (κ3) is 2.98. The fraction of sp³-hybridized carbons (Fsp3) is 0.0714. The van der Waals surface area contributed by atoms with Gasteiger partial charge in [0.1, 0.15) is 0 Å². The molecule has 0 bridgehead atoms. The van der Waals surface area contributed by atoms with E-state index in [1.807, 2.05) is 6.07 Å². The van der Waals surface area contributed by atoms with Gasteiger partial charge in [0.05, 0.1) is 16.2 Å². The van der Waals surface area contributed by atoms with E-state index in [2.05, 4.69) is 5.43 Å². The molecule has 21 heavy (non-hydrogen) atoms. The summed E-state index contributed by atoms with van der Waals surface area (Å²) in [5, 5.41) is 10.8. The smallest absolute Gasteiger partial charge is 0.270 e. The molecule has 0 aliphatic carbocycles. The molecule has 2 aromatic carbocycles. The van der Waals surface area contributed by atoms with Gasteiger partial charge in [0, 0.05) is 24.9 Å². The van der Waals surface area contributed by atoms with E-state index >= 15 is 0 Å². The first-order valence-electron chi connectivity index (χ1n) is 6.12. The van der Waals surface area contributed by atoms with Crippen LogP contribution in [0.1, 0.15) is 10.4 Å². The van der Waals surface area contributed by atoms with Crippen molar-refractivity contribution in [2.45, 2.75) is 0 Å². The molecule has 3 N–H and O–H groups in total. The number of para-hydroxylation sites is 1. The van der Waals surface area contributed by atoms with E-state index in [0.717, 1.165) is 0 Å². The normalized spacial score (nSPS) is 10.0. The molecular weight excluding hydrogens is 272 g/mol. The van der Waals surface area contributed by atoms with Crippen LogP contribution in [-0.4, -0.2) is 17.9 Å². The van der Waals surface area contributed by atoms with Crippen LogP contribution in [0.5, 0.6) is 0 Å². The van der Waals surface area contributed by atoms with Crippen LogP contribution in [0.15, 0.2) is 48.5 Å². The van der Waals surface area contributed by atoms with E-state index in [1.165, 1.54) is 23.1 Å². The minimum atomic E-state index is -0.556. The summed E-state index contributed by atoms with van der Waals surface area (Å²) in [6.45, 7) is 0. The summed E-state index contributed by atoms with van der Waals surface area (Å²) in [4.78, 5) is 24.2. The Morgan fingerprint density at radius 2 is 1.90 bits per heavy atom. The van der Waals surface area contributed by atoms with Crippen LogP contribution in [0.3, 0.4) is 0 Å². The van der Waals surface area contributed by atoms with E-state index in [4.69, 9.17) is 5.84 Å². The van der Waals surface area contributed by atoms with Crippen molar-refractivity contribution >= 4 is 23.0 Å². The number of nitrogens with zero attached hydrogens (tertiary/aromatic N) is 2. The van der Waals surface area contributed by atoms with Crippen LogP contribution in [-0.2, 0) is 0 Å². The van der Waals surface area contributed by atoms with E-state index in [0.29, 0.717) is 11.4 Å². The zero-order valence-corrected chi connectivity index (χ0v) is 11.3. The molecule has 108 valence electrons. The maximum atomic E-state index is 12.5. The topological polar surface area (TPSA) is 102 Å². The lowest BCUT2D eigenvalue weighted by atomic mass is 10.1. The van der Waals surface area contributed by atoms with Crippen molar-refractivity contribution in [3.05, 3.63) is 64.2 Å². The maximum absolute atomic E-state index is 12.5. The second-order valence-corrected chi connectivity index (χ2v) is 4.33. The minimum Gasteiger partial charge on any atom is -0.323 e. The summed E-state index contributed by atoms with van der Waals surface area (Å²) >= 11 is 0. The number of carbonyl (C=O) groups is 1. The van der Waals surface area contributed by atoms with E-state index in [9.17, 15) is 14.9 Å². The monoisotopic (exact) mass is 286 g/mol. The van der Waals surface area contributed by atoms with Gasteiger partial charge in [-0.15, -0.1) is 0 Å². The summed E-state index contributed by atoms with van der Waals surface area (Å²) in [6, 6.07) is 12.9. The Bertz CT molecular complexity index is 673. The third-order valence-corrected chi connectivity index (χ3v) is 3.05. The zero-order valence-electron chi connectivity index (χ0n) is 11.3. The number of hydrogen-bond acceptors (Lipinski definition) is 5. The highest BCUT2D eigenvalue weighted by molar-refractivity contribution is 6.09. The highest BCUT2D eigenvalue weighted by Gasteiger charge is 2.20. The Labute approximate surface area is 121 Å². The van der Waals surface area contributed by atoms with Crippen molar-refractivity contribution in [1.29, 1.82) is 0 Å². The van der Waals surface area contributed by atoms with Crippen molar-refractivity contribution in [3.8, 4) is 0 Å². The van der Waals surface area contributed by atoms with Gasteiger partial charge in [0.25, 0.3) is 11.6 Å². The van der Waals surface area contributed by atoms with Crippen LogP contribution >= 0.6 is 0 Å². The molecule has 0 saturated carbocycles. The number of benzene rings is 2. The Balaban J connectivity index is 2.42. The number of rotatable bonds is 4. The van der Waals surface area contributed by atoms with Gasteiger partial charge >= 0.3 is 0 Å². The summed E-state index contributed by atoms with van der Waals surface area (Å²) in [5.41, 5.74) is 3.35. The van der Waals surface area contributed by atoms with Crippen molar-refractivity contribution < 1.29 is 9.72 Å². The van der Waals surface area contributed by atoms with Gasteiger partial charge in [-0.25, -0.2) is 0 Å². The highest BCUT2D eigenvalue weighted by atomic mass is 16.6. The minimum absolute atomic E-state index is 0.137. The number of nitrogens with one attached hydrogen (secondary N) is 1. The molecule has 0 aliphatic heterocycles. The maximum Gasteiger partial charge on any atom is 0.270 e. The largest absolute Gasteiger partial charge is 0.323 e. The van der Waals surface area contributed by atoms with Crippen molar-refractivity contribution in [2.75, 3.05) is 17.4 Å². The molecule has 1 amide bonds. The van der Waals surface area contributed by atoms with Crippen LogP contribution < -0.4 is 16.2 Å². The van der Waals surface area contributed by atoms with Gasteiger partial charge in [-0.2, -0.15) is 0 Å². The van der Waals surface area contributed by atoms with Gasteiger partial charge in [-0.05, 0) is 18.2 Å². The van der Waals surface area contributed by atoms with E-state index < -0.39 is 10.8 Å². The number of anilines is 2. The van der Waals surface area contributed by atoms with Crippen molar-refractivity contribution in [1.82, 2.24) is 0 Å². The van der Waals surface area contributed by atoms with Gasteiger partial charge < -0.3 is 10.3 Å². The number of non-ortho nitro benzene ring substituents is 1. The highest BCUT2D eigenvalue weighted by Crippen LogP contribution is 2.24. The summed E-state index contributed by atoms with van der Waals surface area (Å²) in [7, 11) is 1.59. The zero-order chi connectivity index (χ0) is 15.4. The van der Waals surface area contributed by atoms with Gasteiger partial charge in [-0.1, -0.05) is 18.2 Å². The van der Waals surface area contributed by atoms with Gasteiger partial charge in [0.2, 0.25) is 0 Å². The molecule has 2 rings (SSSR count). The second-order valence-electron chi connectivity index (χ2n) is 4.33. The predicted molar refractivity (Wildman–Crippen MR) is 80.1 cm³/mol. The third-order valence-electron chi connectivity index (χ3n) is 3.05. The fourth-order valence-corrected chi connectivity index (χ4v) is 1.90. The Kier molecular flexibility index (Phi) is 4.15. The standard InChI is InChI=1S/C14H14N4O3/c1-17(10-5-3-2-4-6-10)14(19)12-9-11(18(20)21)7-8-13(12)16-15/h2-9,16H,15H2,1H3. The molecule has 0 unspecified atom stereocenters. The molecule has 0 fully saturated rings. The molecule has 7 heteroatoms. The number of carbonyl (C=O) groups excluding carboxylic acids is 1. The molecule has 0 atom stereocenters. The second kappa shape index (κ2) is 6.02. The molecule has 0 aromatic heterocycles. The van der Waals surface area contributed by atoms with Crippen molar-refractivity contribution in [3.63, 3.8) is 0 Å². The summed E-state index contributed by atoms with van der Waals surface area (Å²) in [5.74, 6) is 4.97. The molecule has 0 radical (unpaired) electrons. The average Bonchev–Trinajstić information content (AvgIpc) is 2.53. The fourth-order valence-electron chi connectivity index (χ4n) is 1.90. The Hall–Kier alpha value is -2.93. The molecule has 0 aliphatic rings. The number of nitrogen functional groups attached to an aromatic ring is 1. The molecular formula is C14H14N4O3. The lowest BCUT2D eigenvalue weighted by Crippen LogP contribution is -2.27. The number of nitrogens with two attached hydrogens (primary N) is 1. The summed E-state index contributed by atoms with van der Waals surface area (Å²) < 4.78 is 0. The van der Waals surface area contributed by atoms with Crippen LogP contribution in [0.2, 0.25) is 0 Å².